The van der Waals surface area contributed by atoms with E-state index in [1.54, 1.807) is 6.20 Å². The summed E-state index contributed by atoms with van der Waals surface area (Å²) >= 11 is 5.82. The number of halogens is 1. The van der Waals surface area contributed by atoms with E-state index in [9.17, 15) is 0 Å². The Labute approximate surface area is 125 Å². The first-order chi connectivity index (χ1) is 9.65. The topological polar surface area (TPSA) is 47.7 Å². The summed E-state index contributed by atoms with van der Waals surface area (Å²) in [5.41, 5.74) is 0. The van der Waals surface area contributed by atoms with E-state index in [1.165, 1.54) is 0 Å². The largest absolute Gasteiger partial charge is 0.335 e. The van der Waals surface area contributed by atoms with Crippen molar-refractivity contribution in [1.82, 2.24) is 24.6 Å². The second-order valence-electron chi connectivity index (χ2n) is 5.09. The molecule has 6 heteroatoms. The Bertz CT molecular complexity index is 519. The number of hydrogen-bond acceptors (Lipinski definition) is 3. The maximum atomic E-state index is 5.82. The quantitative estimate of drug-likeness (QED) is 0.761. The van der Waals surface area contributed by atoms with Crippen molar-refractivity contribution in [2.45, 2.75) is 45.8 Å². The molecule has 1 N–H and O–H groups in total. The fraction of sp³-hybridized carbons (Fsp3) is 0.571. The molecular formula is C14H22ClN5. The predicted octanol–water partition coefficient (Wildman–Crippen LogP) is 2.50. The van der Waals surface area contributed by atoms with Crippen molar-refractivity contribution in [2.24, 2.45) is 0 Å². The van der Waals surface area contributed by atoms with E-state index < -0.39 is 0 Å². The molecule has 5 nitrogen and oxygen atoms in total. The maximum Gasteiger partial charge on any atom is 0.105 e. The number of aryl methyl sites for hydroxylation is 3. The van der Waals surface area contributed by atoms with Gasteiger partial charge >= 0.3 is 0 Å². The number of hydrogen-bond donors (Lipinski definition) is 1. The molecule has 0 bridgehead atoms. The Kier molecular flexibility index (Phi) is 5.61. The van der Waals surface area contributed by atoms with Crippen LogP contribution in [-0.4, -0.2) is 31.9 Å². The Morgan fingerprint density at radius 2 is 2.25 bits per heavy atom. The van der Waals surface area contributed by atoms with Gasteiger partial charge in [0, 0.05) is 37.7 Å². The van der Waals surface area contributed by atoms with Gasteiger partial charge < -0.3 is 9.88 Å². The van der Waals surface area contributed by atoms with Crippen LogP contribution in [-0.2, 0) is 13.1 Å². The third-order valence-electron chi connectivity index (χ3n) is 3.39. The van der Waals surface area contributed by atoms with Gasteiger partial charge in [-0.2, -0.15) is 5.10 Å². The minimum Gasteiger partial charge on any atom is -0.335 e. The summed E-state index contributed by atoms with van der Waals surface area (Å²) in [6.07, 6.45) is 9.56. The van der Waals surface area contributed by atoms with Crippen LogP contribution in [0.5, 0.6) is 0 Å². The third kappa shape index (κ3) is 4.65. The highest BCUT2D eigenvalue weighted by atomic mass is 35.5. The molecule has 110 valence electrons. The summed E-state index contributed by atoms with van der Waals surface area (Å²) in [5, 5.41) is 8.39. The van der Waals surface area contributed by atoms with Gasteiger partial charge in [0.1, 0.15) is 5.82 Å². The Morgan fingerprint density at radius 1 is 1.40 bits per heavy atom. The number of nitrogens with one attached hydrogen (secondary N) is 1. The highest BCUT2D eigenvalue weighted by molar-refractivity contribution is 6.30. The van der Waals surface area contributed by atoms with E-state index in [-0.39, 0.29) is 0 Å². The Balaban J connectivity index is 1.58. The van der Waals surface area contributed by atoms with Gasteiger partial charge in [0.15, 0.2) is 0 Å². The van der Waals surface area contributed by atoms with Crippen molar-refractivity contribution in [1.29, 1.82) is 0 Å². The molecule has 0 radical (unpaired) electrons. The molecule has 0 saturated carbocycles. The highest BCUT2D eigenvalue weighted by Gasteiger charge is 2.03. The lowest BCUT2D eigenvalue weighted by molar-refractivity contribution is 0.452. The van der Waals surface area contributed by atoms with Gasteiger partial charge in [-0.15, -0.1) is 0 Å². The number of nitrogens with zero attached hydrogens (tertiary/aromatic N) is 4. The summed E-state index contributed by atoms with van der Waals surface area (Å²) in [6.45, 7) is 7.15. The van der Waals surface area contributed by atoms with Crippen LogP contribution in [0.3, 0.4) is 0 Å². The van der Waals surface area contributed by atoms with E-state index in [0.29, 0.717) is 11.1 Å². The van der Waals surface area contributed by atoms with E-state index in [2.05, 4.69) is 26.9 Å². The molecule has 0 fully saturated rings. The van der Waals surface area contributed by atoms with Gasteiger partial charge in [-0.25, -0.2) is 4.98 Å². The van der Waals surface area contributed by atoms with E-state index in [1.807, 2.05) is 30.2 Å². The lowest BCUT2D eigenvalue weighted by atomic mass is 10.2. The lowest BCUT2D eigenvalue weighted by Crippen LogP contribution is -2.28. The van der Waals surface area contributed by atoms with Crippen LogP contribution >= 0.6 is 11.6 Å². The molecular weight excluding hydrogens is 274 g/mol. The van der Waals surface area contributed by atoms with Crippen LogP contribution in [0, 0.1) is 6.92 Å². The van der Waals surface area contributed by atoms with Crippen molar-refractivity contribution in [3.05, 3.63) is 35.6 Å². The van der Waals surface area contributed by atoms with E-state index >= 15 is 0 Å². The van der Waals surface area contributed by atoms with Gasteiger partial charge in [0.25, 0.3) is 0 Å². The smallest absolute Gasteiger partial charge is 0.105 e. The van der Waals surface area contributed by atoms with Gasteiger partial charge in [-0.1, -0.05) is 11.6 Å². The second kappa shape index (κ2) is 7.45. The summed E-state index contributed by atoms with van der Waals surface area (Å²) in [5.74, 6) is 1.08. The maximum absolute atomic E-state index is 5.82. The normalized spacial score (nSPS) is 12.8. The molecule has 1 atom stereocenters. The number of imidazole rings is 1. The molecule has 0 amide bonds. The molecule has 20 heavy (non-hydrogen) atoms. The summed E-state index contributed by atoms with van der Waals surface area (Å²) in [6, 6.07) is 0.498. The average Bonchev–Trinajstić information content (AvgIpc) is 3.01. The van der Waals surface area contributed by atoms with Crippen LogP contribution in [0.4, 0.5) is 0 Å². The molecule has 0 aromatic carbocycles. The third-order valence-corrected chi connectivity index (χ3v) is 3.58. The fourth-order valence-electron chi connectivity index (χ4n) is 2.12. The second-order valence-corrected chi connectivity index (χ2v) is 5.52. The monoisotopic (exact) mass is 295 g/mol. The molecule has 0 aliphatic heterocycles. The van der Waals surface area contributed by atoms with Crippen LogP contribution < -0.4 is 5.32 Å². The van der Waals surface area contributed by atoms with Crippen LogP contribution in [0.1, 0.15) is 25.6 Å². The molecule has 0 aliphatic rings. The Morgan fingerprint density at radius 3 is 2.90 bits per heavy atom. The Hall–Kier alpha value is -1.33. The standard InChI is InChI=1S/C14H22ClN5/c1-12(4-8-19-9-6-17-13(19)2)16-5-3-7-20-11-14(15)10-18-20/h6,9-12,16H,3-5,7-8H2,1-2H3. The van der Waals surface area contributed by atoms with Gasteiger partial charge in [0.05, 0.1) is 11.2 Å². The summed E-state index contributed by atoms with van der Waals surface area (Å²) in [4.78, 5) is 4.23. The summed E-state index contributed by atoms with van der Waals surface area (Å²) in [7, 11) is 0. The van der Waals surface area contributed by atoms with Crippen molar-refractivity contribution >= 4 is 11.6 Å². The average molecular weight is 296 g/mol. The fourth-order valence-corrected chi connectivity index (χ4v) is 2.28. The molecule has 1 unspecified atom stereocenters. The van der Waals surface area contributed by atoms with E-state index in [4.69, 9.17) is 11.6 Å². The lowest BCUT2D eigenvalue weighted by Gasteiger charge is -2.14. The van der Waals surface area contributed by atoms with Crippen molar-refractivity contribution in [2.75, 3.05) is 6.54 Å². The molecule has 0 aliphatic carbocycles. The number of rotatable bonds is 8. The zero-order valence-corrected chi connectivity index (χ0v) is 12.8. The number of aromatic nitrogens is 4. The van der Waals surface area contributed by atoms with Gasteiger partial charge in [0.2, 0.25) is 0 Å². The van der Waals surface area contributed by atoms with Crippen molar-refractivity contribution in [3.8, 4) is 0 Å². The first-order valence-electron chi connectivity index (χ1n) is 7.04. The van der Waals surface area contributed by atoms with Gasteiger partial charge in [-0.05, 0) is 33.2 Å². The van der Waals surface area contributed by atoms with Crippen LogP contribution in [0.15, 0.2) is 24.8 Å². The van der Waals surface area contributed by atoms with Crippen molar-refractivity contribution in [3.63, 3.8) is 0 Å². The molecule has 0 spiro atoms. The van der Waals surface area contributed by atoms with E-state index in [0.717, 1.165) is 38.3 Å². The SMILES string of the molecule is Cc1nccn1CCC(C)NCCCn1cc(Cl)cn1. The van der Waals surface area contributed by atoms with Crippen molar-refractivity contribution < 1.29 is 0 Å². The summed E-state index contributed by atoms with van der Waals surface area (Å²) < 4.78 is 4.06. The molecule has 2 aromatic heterocycles. The van der Waals surface area contributed by atoms with Crippen LogP contribution in [0.2, 0.25) is 5.02 Å². The predicted molar refractivity (Wildman–Crippen MR) is 80.9 cm³/mol. The zero-order valence-electron chi connectivity index (χ0n) is 12.1. The first-order valence-corrected chi connectivity index (χ1v) is 7.42. The minimum atomic E-state index is 0.498. The molecule has 2 heterocycles. The molecule has 2 aromatic rings. The molecule has 2 rings (SSSR count). The van der Waals surface area contributed by atoms with Gasteiger partial charge in [-0.3, -0.25) is 4.68 Å². The van der Waals surface area contributed by atoms with Crippen LogP contribution in [0.25, 0.3) is 0 Å². The first kappa shape index (κ1) is 15.1. The minimum absolute atomic E-state index is 0.498. The highest BCUT2D eigenvalue weighted by Crippen LogP contribution is 2.05. The zero-order chi connectivity index (χ0) is 14.4. The molecule has 0 saturated heterocycles.